The van der Waals surface area contributed by atoms with Gasteiger partial charge in [-0.15, -0.1) is 0 Å². The maximum absolute atomic E-state index is 11.7. The van der Waals surface area contributed by atoms with E-state index in [1.54, 1.807) is 0 Å². The van der Waals surface area contributed by atoms with Crippen LogP contribution < -0.4 is 10.6 Å². The van der Waals surface area contributed by atoms with Gasteiger partial charge in [0, 0.05) is 18.7 Å². The molecule has 0 rings (SSSR count). The van der Waals surface area contributed by atoms with Crippen molar-refractivity contribution in [1.82, 2.24) is 10.6 Å². The topological polar surface area (TPSA) is 78.4 Å². The smallest absolute Gasteiger partial charge is 0.303 e. The number of hydrogen-bond donors (Lipinski definition) is 3. The molecule has 0 aliphatic heterocycles. The number of carbonyl (C=O) groups excluding carboxylic acids is 1. The highest BCUT2D eigenvalue weighted by molar-refractivity contribution is 5.81. The molecular formula is C18H36N2O3. The van der Waals surface area contributed by atoms with Crippen LogP contribution in [0.2, 0.25) is 0 Å². The number of unbranched alkanes of at least 4 members (excludes halogenated alkanes) is 6. The van der Waals surface area contributed by atoms with Gasteiger partial charge in [-0.1, -0.05) is 52.5 Å². The van der Waals surface area contributed by atoms with Crippen molar-refractivity contribution in [3.63, 3.8) is 0 Å². The zero-order chi connectivity index (χ0) is 18.1. The highest BCUT2D eigenvalue weighted by Crippen LogP contribution is 2.08. The van der Waals surface area contributed by atoms with Crippen LogP contribution in [0.15, 0.2) is 12.3 Å². The molecule has 0 saturated carbocycles. The first-order valence-corrected chi connectivity index (χ1v) is 8.85. The molecule has 0 aromatic carbocycles. The number of carbonyl (C=O) groups is 2. The summed E-state index contributed by atoms with van der Waals surface area (Å²) in [6, 6.07) is -0.239. The Morgan fingerprint density at radius 3 is 1.96 bits per heavy atom. The van der Waals surface area contributed by atoms with E-state index in [-0.39, 0.29) is 18.4 Å². The summed E-state index contributed by atoms with van der Waals surface area (Å²) < 4.78 is 0. The lowest BCUT2D eigenvalue weighted by molar-refractivity contribution is -0.137. The van der Waals surface area contributed by atoms with Gasteiger partial charge in [-0.05, 0) is 26.7 Å². The van der Waals surface area contributed by atoms with E-state index in [2.05, 4.69) is 17.2 Å². The van der Waals surface area contributed by atoms with Gasteiger partial charge >= 0.3 is 5.97 Å². The molecule has 0 aromatic heterocycles. The summed E-state index contributed by atoms with van der Waals surface area (Å²) in [5.74, 6) is -0.701. The van der Waals surface area contributed by atoms with Crippen molar-refractivity contribution in [3.8, 4) is 0 Å². The number of carboxylic acids is 1. The van der Waals surface area contributed by atoms with E-state index in [9.17, 15) is 9.59 Å². The third-order valence-electron chi connectivity index (χ3n) is 3.22. The molecule has 1 unspecified atom stereocenters. The SMILES string of the molecule is C=C(C)NC(C)C(=O)NCCCCCCCCCC(=O)O.CC. The lowest BCUT2D eigenvalue weighted by atomic mass is 10.1. The van der Waals surface area contributed by atoms with Crippen LogP contribution >= 0.6 is 0 Å². The summed E-state index contributed by atoms with van der Waals surface area (Å²) in [6.07, 6.45) is 7.51. The second-order valence-electron chi connectivity index (χ2n) is 5.56. The molecule has 5 heteroatoms. The molecule has 136 valence electrons. The minimum Gasteiger partial charge on any atom is -0.481 e. The third-order valence-corrected chi connectivity index (χ3v) is 3.22. The molecule has 1 atom stereocenters. The number of nitrogens with one attached hydrogen (secondary N) is 2. The molecule has 0 aliphatic rings. The molecule has 3 N–H and O–H groups in total. The van der Waals surface area contributed by atoms with Gasteiger partial charge in [0.25, 0.3) is 0 Å². The van der Waals surface area contributed by atoms with Gasteiger partial charge in [-0.2, -0.15) is 0 Å². The van der Waals surface area contributed by atoms with E-state index >= 15 is 0 Å². The third kappa shape index (κ3) is 18.4. The number of hydrogen-bond acceptors (Lipinski definition) is 3. The van der Waals surface area contributed by atoms with Crippen molar-refractivity contribution in [2.45, 2.75) is 85.1 Å². The van der Waals surface area contributed by atoms with Crippen LogP contribution in [0.25, 0.3) is 0 Å². The fourth-order valence-electron chi connectivity index (χ4n) is 2.08. The van der Waals surface area contributed by atoms with Gasteiger partial charge in [0.2, 0.25) is 5.91 Å². The van der Waals surface area contributed by atoms with E-state index < -0.39 is 5.97 Å². The highest BCUT2D eigenvalue weighted by atomic mass is 16.4. The van der Waals surface area contributed by atoms with Gasteiger partial charge in [0.15, 0.2) is 0 Å². The van der Waals surface area contributed by atoms with Crippen molar-refractivity contribution >= 4 is 11.9 Å². The molecule has 0 heterocycles. The molecule has 0 aliphatic carbocycles. The lowest BCUT2D eigenvalue weighted by Crippen LogP contribution is -2.41. The minimum atomic E-state index is -0.707. The summed E-state index contributed by atoms with van der Waals surface area (Å²) in [6.45, 7) is 12.1. The van der Waals surface area contributed by atoms with Gasteiger partial charge in [0.1, 0.15) is 6.04 Å². The molecule has 0 spiro atoms. The summed E-state index contributed by atoms with van der Waals surface area (Å²) in [5.41, 5.74) is 0.792. The first-order chi connectivity index (χ1) is 10.9. The predicted molar refractivity (Wildman–Crippen MR) is 96.3 cm³/mol. The zero-order valence-electron chi connectivity index (χ0n) is 15.4. The number of rotatable bonds is 13. The Morgan fingerprint density at radius 2 is 1.48 bits per heavy atom. The number of allylic oxidation sites excluding steroid dienone is 1. The second-order valence-corrected chi connectivity index (χ2v) is 5.56. The Bertz CT molecular complexity index is 330. The molecular weight excluding hydrogens is 292 g/mol. The Morgan fingerprint density at radius 1 is 1.00 bits per heavy atom. The lowest BCUT2D eigenvalue weighted by Gasteiger charge is -2.14. The number of aliphatic carboxylic acids is 1. The van der Waals surface area contributed by atoms with E-state index in [4.69, 9.17) is 5.11 Å². The quantitative estimate of drug-likeness (QED) is 0.449. The Balaban J connectivity index is 0. The molecule has 0 saturated heterocycles. The summed E-state index contributed by atoms with van der Waals surface area (Å²) in [4.78, 5) is 22.0. The summed E-state index contributed by atoms with van der Waals surface area (Å²) >= 11 is 0. The second kappa shape index (κ2) is 16.8. The van der Waals surface area contributed by atoms with Crippen molar-refractivity contribution in [2.75, 3.05) is 6.54 Å². The van der Waals surface area contributed by atoms with Gasteiger partial charge < -0.3 is 15.7 Å². The van der Waals surface area contributed by atoms with Crippen LogP contribution in [0.1, 0.15) is 79.1 Å². The Labute approximate surface area is 141 Å². The standard InChI is InChI=1S/C16H30N2O3.C2H6/c1-13(2)18-14(3)16(21)17-12-10-8-6-4-5-7-9-11-15(19)20;1-2/h14,18H,1,4-12H2,2-3H3,(H,17,21)(H,19,20);1-2H3. The zero-order valence-corrected chi connectivity index (χ0v) is 15.4. The number of carboxylic acid groups (broad SMARTS) is 1. The maximum atomic E-state index is 11.7. The fraction of sp³-hybridized carbons (Fsp3) is 0.778. The molecule has 0 radical (unpaired) electrons. The maximum Gasteiger partial charge on any atom is 0.303 e. The molecule has 0 fully saturated rings. The normalized spacial score (nSPS) is 11.0. The Kier molecular flexibility index (Phi) is 17.4. The molecule has 1 amide bonds. The van der Waals surface area contributed by atoms with E-state index in [0.717, 1.165) is 50.6 Å². The highest BCUT2D eigenvalue weighted by Gasteiger charge is 2.10. The monoisotopic (exact) mass is 328 g/mol. The molecule has 5 nitrogen and oxygen atoms in total. The van der Waals surface area contributed by atoms with Gasteiger partial charge in [0.05, 0.1) is 0 Å². The van der Waals surface area contributed by atoms with Crippen LogP contribution in [0, 0.1) is 0 Å². The van der Waals surface area contributed by atoms with Crippen molar-refractivity contribution < 1.29 is 14.7 Å². The predicted octanol–water partition coefficient (Wildman–Crippen LogP) is 3.85. The van der Waals surface area contributed by atoms with E-state index in [0.29, 0.717) is 6.54 Å². The van der Waals surface area contributed by atoms with E-state index in [1.165, 1.54) is 0 Å². The summed E-state index contributed by atoms with van der Waals surface area (Å²) in [5, 5.41) is 14.4. The molecule has 23 heavy (non-hydrogen) atoms. The van der Waals surface area contributed by atoms with Crippen LogP contribution in [0.5, 0.6) is 0 Å². The van der Waals surface area contributed by atoms with Gasteiger partial charge in [-0.3, -0.25) is 9.59 Å². The average Bonchev–Trinajstić information content (AvgIpc) is 2.49. The van der Waals surface area contributed by atoms with Crippen LogP contribution in [-0.2, 0) is 9.59 Å². The first-order valence-electron chi connectivity index (χ1n) is 8.85. The number of amides is 1. The van der Waals surface area contributed by atoms with Crippen molar-refractivity contribution in [1.29, 1.82) is 0 Å². The molecule has 0 bridgehead atoms. The Hall–Kier alpha value is -1.52. The fourth-order valence-corrected chi connectivity index (χ4v) is 2.08. The first kappa shape index (κ1) is 23.7. The minimum absolute atomic E-state index is 0.00618. The van der Waals surface area contributed by atoms with Crippen molar-refractivity contribution in [2.24, 2.45) is 0 Å². The summed E-state index contributed by atoms with van der Waals surface area (Å²) in [7, 11) is 0. The van der Waals surface area contributed by atoms with Crippen molar-refractivity contribution in [3.05, 3.63) is 12.3 Å². The largest absolute Gasteiger partial charge is 0.481 e. The van der Waals surface area contributed by atoms with Crippen LogP contribution in [0.3, 0.4) is 0 Å². The van der Waals surface area contributed by atoms with Crippen LogP contribution in [0.4, 0.5) is 0 Å². The molecule has 0 aromatic rings. The average molecular weight is 328 g/mol. The van der Waals surface area contributed by atoms with Gasteiger partial charge in [-0.25, -0.2) is 0 Å². The van der Waals surface area contributed by atoms with Crippen LogP contribution in [-0.4, -0.2) is 29.6 Å². The van der Waals surface area contributed by atoms with E-state index in [1.807, 2.05) is 27.7 Å².